The number of nitrogens with one attached hydrogen (secondary N) is 1. The first-order chi connectivity index (χ1) is 13.4. The van der Waals surface area contributed by atoms with Crippen molar-refractivity contribution in [1.29, 1.82) is 0 Å². The summed E-state index contributed by atoms with van der Waals surface area (Å²) < 4.78 is 7.03. The van der Waals surface area contributed by atoms with Crippen molar-refractivity contribution in [1.82, 2.24) is 14.9 Å². The highest BCUT2D eigenvalue weighted by molar-refractivity contribution is 5.95. The summed E-state index contributed by atoms with van der Waals surface area (Å²) in [4.78, 5) is 41.9. The van der Waals surface area contributed by atoms with Crippen LogP contribution in [0, 0.1) is 0 Å². The average molecular weight is 385 g/mol. The standard InChI is InChI=1S/C21H27N3O4/c1-13(2)22-19(25)14(3)28-21(27)15-9-10-16-17(12-15)23-18-8-6-4-5-7-11-24(18)20(16)26/h9-10,12-14H,4-8,11H2,1-3H3,(H,22,25)/t14-/m1/s1. The fourth-order valence-electron chi connectivity index (χ4n) is 3.41. The van der Waals surface area contributed by atoms with Gasteiger partial charge in [-0.2, -0.15) is 0 Å². The van der Waals surface area contributed by atoms with Gasteiger partial charge in [0.05, 0.1) is 16.5 Å². The van der Waals surface area contributed by atoms with Gasteiger partial charge in [0.25, 0.3) is 11.5 Å². The van der Waals surface area contributed by atoms with E-state index in [1.165, 1.54) is 6.92 Å². The Morgan fingerprint density at radius 3 is 2.64 bits per heavy atom. The van der Waals surface area contributed by atoms with Gasteiger partial charge in [0.1, 0.15) is 5.82 Å². The lowest BCUT2D eigenvalue weighted by Crippen LogP contribution is -2.39. The maximum absolute atomic E-state index is 12.8. The van der Waals surface area contributed by atoms with Crippen LogP contribution in [0.4, 0.5) is 0 Å². The number of rotatable bonds is 4. The second-order valence-corrected chi connectivity index (χ2v) is 7.59. The molecule has 0 saturated carbocycles. The van der Waals surface area contributed by atoms with E-state index in [4.69, 9.17) is 4.74 Å². The molecule has 0 unspecified atom stereocenters. The third-order valence-corrected chi connectivity index (χ3v) is 4.89. The third kappa shape index (κ3) is 4.40. The highest BCUT2D eigenvalue weighted by atomic mass is 16.5. The van der Waals surface area contributed by atoms with Crippen LogP contribution in [0.1, 0.15) is 62.6 Å². The van der Waals surface area contributed by atoms with E-state index in [9.17, 15) is 14.4 Å². The van der Waals surface area contributed by atoms with Gasteiger partial charge >= 0.3 is 5.97 Å². The molecule has 7 nitrogen and oxygen atoms in total. The molecule has 0 aliphatic carbocycles. The smallest absolute Gasteiger partial charge is 0.338 e. The maximum atomic E-state index is 12.8. The first-order valence-corrected chi connectivity index (χ1v) is 9.91. The van der Waals surface area contributed by atoms with E-state index in [0.29, 0.717) is 17.4 Å². The zero-order valence-corrected chi connectivity index (χ0v) is 16.7. The van der Waals surface area contributed by atoms with Crippen LogP contribution in [0.3, 0.4) is 0 Å². The molecule has 1 aliphatic rings. The van der Waals surface area contributed by atoms with Crippen molar-refractivity contribution in [2.45, 2.75) is 71.6 Å². The summed E-state index contributed by atoms with van der Waals surface area (Å²) in [5.74, 6) is -0.184. The van der Waals surface area contributed by atoms with Crippen molar-refractivity contribution in [3.63, 3.8) is 0 Å². The SMILES string of the molecule is CC(C)NC(=O)[C@@H](C)OC(=O)c1ccc2c(=O)n3c(nc2c1)CCCCCC3. The van der Waals surface area contributed by atoms with Gasteiger partial charge in [-0.05, 0) is 51.8 Å². The lowest BCUT2D eigenvalue weighted by atomic mass is 10.1. The molecule has 0 radical (unpaired) electrons. The van der Waals surface area contributed by atoms with Crippen LogP contribution in [-0.2, 0) is 22.5 Å². The van der Waals surface area contributed by atoms with Gasteiger partial charge in [0.2, 0.25) is 0 Å². The summed E-state index contributed by atoms with van der Waals surface area (Å²) in [7, 11) is 0. The predicted octanol–water partition coefficient (Wildman–Crippen LogP) is 2.58. The molecule has 2 heterocycles. The molecule has 28 heavy (non-hydrogen) atoms. The van der Waals surface area contributed by atoms with Crippen molar-refractivity contribution in [2.75, 3.05) is 0 Å². The minimum atomic E-state index is -0.903. The van der Waals surface area contributed by atoms with Gasteiger partial charge in [-0.15, -0.1) is 0 Å². The van der Waals surface area contributed by atoms with E-state index in [-0.39, 0.29) is 23.1 Å². The number of ether oxygens (including phenoxy) is 1. The van der Waals surface area contributed by atoms with Gasteiger partial charge in [-0.25, -0.2) is 9.78 Å². The molecule has 0 saturated heterocycles. The van der Waals surface area contributed by atoms with Crippen molar-refractivity contribution in [2.24, 2.45) is 0 Å². The lowest BCUT2D eigenvalue weighted by molar-refractivity contribution is -0.129. The number of amides is 1. The molecule has 1 amide bonds. The number of benzene rings is 1. The molecule has 0 fully saturated rings. The van der Waals surface area contributed by atoms with Gasteiger partial charge < -0.3 is 10.1 Å². The highest BCUT2D eigenvalue weighted by Crippen LogP contribution is 2.17. The monoisotopic (exact) mass is 385 g/mol. The van der Waals surface area contributed by atoms with Gasteiger partial charge in [-0.3, -0.25) is 14.2 Å². The highest BCUT2D eigenvalue weighted by Gasteiger charge is 2.20. The number of hydrogen-bond acceptors (Lipinski definition) is 5. The average Bonchev–Trinajstić information content (AvgIpc) is 2.62. The van der Waals surface area contributed by atoms with Gasteiger partial charge in [-0.1, -0.05) is 12.8 Å². The molecule has 1 aromatic heterocycles. The van der Waals surface area contributed by atoms with Crippen molar-refractivity contribution >= 4 is 22.8 Å². The predicted molar refractivity (Wildman–Crippen MR) is 106 cm³/mol. The summed E-state index contributed by atoms with van der Waals surface area (Å²) in [6.07, 6.45) is 4.09. The fourth-order valence-corrected chi connectivity index (χ4v) is 3.41. The molecule has 2 aromatic rings. The van der Waals surface area contributed by atoms with E-state index in [0.717, 1.165) is 37.9 Å². The Bertz CT molecular complexity index is 949. The summed E-state index contributed by atoms with van der Waals surface area (Å²) in [6.45, 7) is 5.89. The maximum Gasteiger partial charge on any atom is 0.338 e. The minimum Gasteiger partial charge on any atom is -0.449 e. The number of aryl methyl sites for hydroxylation is 1. The van der Waals surface area contributed by atoms with Crippen molar-refractivity contribution < 1.29 is 14.3 Å². The summed E-state index contributed by atoms with van der Waals surface area (Å²) in [6, 6.07) is 4.71. The Labute approximate surface area is 164 Å². The molecule has 3 rings (SSSR count). The first-order valence-electron chi connectivity index (χ1n) is 9.91. The summed E-state index contributed by atoms with van der Waals surface area (Å²) in [5, 5.41) is 3.20. The lowest BCUT2D eigenvalue weighted by Gasteiger charge is -2.17. The molecule has 1 aliphatic heterocycles. The number of hydrogen-bond donors (Lipinski definition) is 1. The zero-order valence-electron chi connectivity index (χ0n) is 16.7. The number of fused-ring (bicyclic) bond motifs is 2. The van der Waals surface area contributed by atoms with Crippen LogP contribution in [0.15, 0.2) is 23.0 Å². The van der Waals surface area contributed by atoms with E-state index >= 15 is 0 Å². The van der Waals surface area contributed by atoms with Crippen LogP contribution in [0.5, 0.6) is 0 Å². The second kappa shape index (κ2) is 8.54. The van der Waals surface area contributed by atoms with E-state index in [2.05, 4.69) is 10.3 Å². The van der Waals surface area contributed by atoms with E-state index in [1.807, 2.05) is 13.8 Å². The van der Waals surface area contributed by atoms with Gasteiger partial charge in [0, 0.05) is 19.0 Å². The number of carbonyl (C=O) groups is 2. The van der Waals surface area contributed by atoms with Crippen LogP contribution in [0.2, 0.25) is 0 Å². The summed E-state index contributed by atoms with van der Waals surface area (Å²) >= 11 is 0. The molecule has 0 spiro atoms. The zero-order chi connectivity index (χ0) is 20.3. The molecule has 1 N–H and O–H groups in total. The Kier molecular flexibility index (Phi) is 6.11. The Balaban J connectivity index is 1.87. The Hall–Kier alpha value is -2.70. The van der Waals surface area contributed by atoms with E-state index < -0.39 is 12.1 Å². The second-order valence-electron chi connectivity index (χ2n) is 7.59. The first kappa shape index (κ1) is 20.0. The quantitative estimate of drug-likeness (QED) is 0.817. The molecule has 1 atom stereocenters. The molecule has 1 aromatic carbocycles. The molecular formula is C21H27N3O4. The van der Waals surface area contributed by atoms with E-state index in [1.54, 1.807) is 22.8 Å². The van der Waals surface area contributed by atoms with Crippen LogP contribution in [-0.4, -0.2) is 33.6 Å². The molecule has 0 bridgehead atoms. The largest absolute Gasteiger partial charge is 0.449 e. The number of carbonyl (C=O) groups excluding carboxylic acids is 2. The summed E-state index contributed by atoms with van der Waals surface area (Å²) in [5.41, 5.74) is 0.705. The molecular weight excluding hydrogens is 358 g/mol. The van der Waals surface area contributed by atoms with Crippen LogP contribution >= 0.6 is 0 Å². The third-order valence-electron chi connectivity index (χ3n) is 4.89. The Morgan fingerprint density at radius 1 is 1.14 bits per heavy atom. The fraction of sp³-hybridized carbons (Fsp3) is 0.524. The topological polar surface area (TPSA) is 90.3 Å². The van der Waals surface area contributed by atoms with Crippen molar-refractivity contribution in [3.05, 3.63) is 39.9 Å². The van der Waals surface area contributed by atoms with Crippen molar-refractivity contribution in [3.8, 4) is 0 Å². The Morgan fingerprint density at radius 2 is 1.89 bits per heavy atom. The van der Waals surface area contributed by atoms with Crippen LogP contribution < -0.4 is 10.9 Å². The molecule has 7 heteroatoms. The number of esters is 1. The number of nitrogens with zero attached hydrogens (tertiary/aromatic N) is 2. The number of aromatic nitrogens is 2. The van der Waals surface area contributed by atoms with Gasteiger partial charge in [0.15, 0.2) is 6.10 Å². The minimum absolute atomic E-state index is 0.0362. The molecule has 150 valence electrons. The van der Waals surface area contributed by atoms with Crippen LogP contribution in [0.25, 0.3) is 10.9 Å². The normalized spacial score (nSPS) is 15.4.